The van der Waals surface area contributed by atoms with Crippen LogP contribution in [0.3, 0.4) is 0 Å². The van der Waals surface area contributed by atoms with Gasteiger partial charge < -0.3 is 10.2 Å². The first-order valence-electron chi connectivity index (χ1n) is 3.62. The lowest BCUT2D eigenvalue weighted by atomic mass is 10.0. The van der Waals surface area contributed by atoms with E-state index in [-0.39, 0.29) is 12.5 Å². The Hall–Kier alpha value is -0.830. The summed E-state index contributed by atoms with van der Waals surface area (Å²) in [5.74, 6) is -0.750. The van der Waals surface area contributed by atoms with Crippen molar-refractivity contribution in [2.24, 2.45) is 5.92 Å². The zero-order chi connectivity index (χ0) is 8.85. The predicted molar refractivity (Wildman–Crippen MR) is 42.3 cm³/mol. The van der Waals surface area contributed by atoms with E-state index in [0.29, 0.717) is 6.42 Å². The van der Waals surface area contributed by atoms with E-state index in [1.54, 1.807) is 0 Å². The summed E-state index contributed by atoms with van der Waals surface area (Å²) in [5.41, 5.74) is 0.778. The fraction of sp³-hybridized carbons (Fsp3) is 0.625. The molecule has 0 aliphatic carbocycles. The van der Waals surface area contributed by atoms with E-state index >= 15 is 0 Å². The van der Waals surface area contributed by atoms with Crippen LogP contribution in [-0.2, 0) is 4.79 Å². The molecule has 0 aromatic heterocycles. The minimum Gasteiger partial charge on any atom is -0.478 e. The molecule has 0 radical (unpaired) electrons. The molecule has 0 saturated heterocycles. The van der Waals surface area contributed by atoms with Gasteiger partial charge in [-0.3, -0.25) is 0 Å². The zero-order valence-corrected chi connectivity index (χ0v) is 6.87. The molecule has 0 saturated carbocycles. The summed E-state index contributed by atoms with van der Waals surface area (Å²) in [6, 6.07) is 0. The molecule has 0 aromatic carbocycles. The molecule has 0 heterocycles. The minimum absolute atomic E-state index is 0.0112. The van der Waals surface area contributed by atoms with Gasteiger partial charge in [-0.15, -0.1) is 0 Å². The van der Waals surface area contributed by atoms with Crippen LogP contribution in [0.5, 0.6) is 0 Å². The molecule has 64 valence electrons. The van der Waals surface area contributed by atoms with Gasteiger partial charge in [0.15, 0.2) is 0 Å². The Kier molecular flexibility index (Phi) is 4.54. The molecular formula is C8H14O3. The predicted octanol–water partition coefficient (Wildman–Crippen LogP) is 1.04. The summed E-state index contributed by atoms with van der Waals surface area (Å²) in [5, 5.41) is 17.0. The Bertz CT molecular complexity index is 159. The first-order chi connectivity index (χ1) is 5.07. The largest absolute Gasteiger partial charge is 0.478 e. The summed E-state index contributed by atoms with van der Waals surface area (Å²) in [7, 11) is 0. The lowest BCUT2D eigenvalue weighted by Gasteiger charge is -2.07. The smallest absolute Gasteiger partial charge is 0.328 e. The van der Waals surface area contributed by atoms with E-state index in [1.807, 2.05) is 13.8 Å². The normalized spacial score (nSPS) is 12.2. The number of hydrogen-bond donors (Lipinski definition) is 2. The number of rotatable bonds is 4. The van der Waals surface area contributed by atoms with Crippen LogP contribution in [-0.4, -0.2) is 22.8 Å². The fourth-order valence-electron chi connectivity index (χ4n) is 0.815. The molecule has 0 aliphatic heterocycles. The number of carbonyl (C=O) groups is 1. The quantitative estimate of drug-likeness (QED) is 0.601. The highest BCUT2D eigenvalue weighted by Crippen LogP contribution is 2.12. The molecule has 0 aliphatic rings. The summed E-state index contributed by atoms with van der Waals surface area (Å²) in [6.45, 7) is 3.83. The molecular weight excluding hydrogens is 144 g/mol. The lowest BCUT2D eigenvalue weighted by Crippen LogP contribution is -2.01. The highest BCUT2D eigenvalue weighted by molar-refractivity contribution is 5.80. The van der Waals surface area contributed by atoms with Gasteiger partial charge in [-0.05, 0) is 12.3 Å². The SMILES string of the molecule is CC(C)/C(=C\C(=O)O)CCO. The van der Waals surface area contributed by atoms with Gasteiger partial charge in [-0.2, -0.15) is 0 Å². The van der Waals surface area contributed by atoms with Gasteiger partial charge in [0.2, 0.25) is 0 Å². The van der Waals surface area contributed by atoms with Crippen molar-refractivity contribution in [3.63, 3.8) is 0 Å². The van der Waals surface area contributed by atoms with Crippen molar-refractivity contribution in [1.82, 2.24) is 0 Å². The fourth-order valence-corrected chi connectivity index (χ4v) is 0.815. The number of aliphatic hydroxyl groups is 1. The molecule has 0 amide bonds. The van der Waals surface area contributed by atoms with Crippen LogP contribution in [0, 0.1) is 5.92 Å². The van der Waals surface area contributed by atoms with Crippen LogP contribution in [0.1, 0.15) is 20.3 Å². The van der Waals surface area contributed by atoms with Crippen LogP contribution in [0.25, 0.3) is 0 Å². The van der Waals surface area contributed by atoms with Gasteiger partial charge >= 0.3 is 5.97 Å². The molecule has 0 bridgehead atoms. The third kappa shape index (κ3) is 4.56. The maximum absolute atomic E-state index is 10.2. The van der Waals surface area contributed by atoms with Crippen LogP contribution < -0.4 is 0 Å². The van der Waals surface area contributed by atoms with E-state index in [9.17, 15) is 4.79 Å². The monoisotopic (exact) mass is 158 g/mol. The standard InChI is InChI=1S/C8H14O3/c1-6(2)7(3-4-9)5-8(10)11/h5-6,9H,3-4H2,1-2H3,(H,10,11)/b7-5-. The molecule has 0 aromatic rings. The van der Waals surface area contributed by atoms with E-state index in [1.165, 1.54) is 6.08 Å². The third-order valence-corrected chi connectivity index (χ3v) is 1.45. The number of hydrogen-bond acceptors (Lipinski definition) is 2. The third-order valence-electron chi connectivity index (χ3n) is 1.45. The Balaban J connectivity index is 4.20. The average Bonchev–Trinajstić information content (AvgIpc) is 1.86. The number of carboxylic acids is 1. The summed E-state index contributed by atoms with van der Waals surface area (Å²) in [4.78, 5) is 10.2. The summed E-state index contributed by atoms with van der Waals surface area (Å²) >= 11 is 0. The number of aliphatic carboxylic acids is 1. The Morgan fingerprint density at radius 2 is 2.09 bits per heavy atom. The van der Waals surface area contributed by atoms with Crippen molar-refractivity contribution in [2.75, 3.05) is 6.61 Å². The molecule has 2 N–H and O–H groups in total. The van der Waals surface area contributed by atoms with Gasteiger partial charge in [0.05, 0.1) is 0 Å². The summed E-state index contributed by atoms with van der Waals surface area (Å²) < 4.78 is 0. The maximum Gasteiger partial charge on any atom is 0.328 e. The molecule has 3 nitrogen and oxygen atoms in total. The van der Waals surface area contributed by atoms with Crippen molar-refractivity contribution in [1.29, 1.82) is 0 Å². The summed E-state index contributed by atoms with van der Waals surface area (Å²) in [6.07, 6.45) is 1.62. The average molecular weight is 158 g/mol. The minimum atomic E-state index is -0.942. The van der Waals surface area contributed by atoms with Crippen LogP contribution in [0.4, 0.5) is 0 Å². The van der Waals surface area contributed by atoms with Gasteiger partial charge in [0.25, 0.3) is 0 Å². The van der Waals surface area contributed by atoms with E-state index in [4.69, 9.17) is 10.2 Å². The first-order valence-corrected chi connectivity index (χ1v) is 3.62. The van der Waals surface area contributed by atoms with E-state index < -0.39 is 5.97 Å². The van der Waals surface area contributed by atoms with Gasteiger partial charge in [-0.1, -0.05) is 19.4 Å². The van der Waals surface area contributed by atoms with E-state index in [2.05, 4.69) is 0 Å². The Morgan fingerprint density at radius 3 is 2.36 bits per heavy atom. The van der Waals surface area contributed by atoms with E-state index in [0.717, 1.165) is 5.57 Å². The van der Waals surface area contributed by atoms with Crippen LogP contribution in [0.2, 0.25) is 0 Å². The molecule has 11 heavy (non-hydrogen) atoms. The number of aliphatic hydroxyl groups excluding tert-OH is 1. The zero-order valence-electron chi connectivity index (χ0n) is 6.87. The van der Waals surface area contributed by atoms with Crippen molar-refractivity contribution in [3.8, 4) is 0 Å². The molecule has 0 fully saturated rings. The van der Waals surface area contributed by atoms with Gasteiger partial charge in [-0.25, -0.2) is 4.79 Å². The highest BCUT2D eigenvalue weighted by atomic mass is 16.4. The topological polar surface area (TPSA) is 57.5 Å². The molecule has 0 spiro atoms. The van der Waals surface area contributed by atoms with Crippen LogP contribution in [0.15, 0.2) is 11.6 Å². The Morgan fingerprint density at radius 1 is 1.55 bits per heavy atom. The Labute approximate surface area is 66.4 Å². The van der Waals surface area contributed by atoms with Gasteiger partial charge in [0.1, 0.15) is 0 Å². The second-order valence-corrected chi connectivity index (χ2v) is 2.69. The second kappa shape index (κ2) is 4.91. The van der Waals surface area contributed by atoms with Gasteiger partial charge in [0, 0.05) is 12.7 Å². The molecule has 3 heteroatoms. The molecule has 0 atom stereocenters. The van der Waals surface area contributed by atoms with Crippen LogP contribution >= 0.6 is 0 Å². The molecule has 0 unspecified atom stereocenters. The van der Waals surface area contributed by atoms with Crippen molar-refractivity contribution < 1.29 is 15.0 Å². The van der Waals surface area contributed by atoms with Crippen molar-refractivity contribution >= 4 is 5.97 Å². The lowest BCUT2D eigenvalue weighted by molar-refractivity contribution is -0.131. The first kappa shape index (κ1) is 10.2. The van der Waals surface area contributed by atoms with Crippen molar-refractivity contribution in [3.05, 3.63) is 11.6 Å². The number of carboxylic acid groups (broad SMARTS) is 1. The second-order valence-electron chi connectivity index (χ2n) is 2.69. The highest BCUT2D eigenvalue weighted by Gasteiger charge is 2.03. The van der Waals surface area contributed by atoms with Crippen molar-refractivity contribution in [2.45, 2.75) is 20.3 Å². The maximum atomic E-state index is 10.2. The molecule has 0 rings (SSSR count).